The molecule has 5 nitrogen and oxygen atoms in total. The van der Waals surface area contributed by atoms with Crippen LogP contribution in [0.15, 0.2) is 12.3 Å². The van der Waals surface area contributed by atoms with Crippen LogP contribution >= 0.6 is 0 Å². The van der Waals surface area contributed by atoms with Crippen molar-refractivity contribution in [1.82, 2.24) is 20.0 Å². The SMILES string of the molecule is O=C1C2CCCNC2CN1Cc1ccn(C2CCCC2)n1. The van der Waals surface area contributed by atoms with Crippen LogP contribution < -0.4 is 5.32 Å². The normalized spacial score (nSPS) is 30.1. The van der Waals surface area contributed by atoms with E-state index in [4.69, 9.17) is 5.10 Å². The predicted molar refractivity (Wildman–Crippen MR) is 79.7 cm³/mol. The molecule has 1 amide bonds. The summed E-state index contributed by atoms with van der Waals surface area (Å²) in [5.74, 6) is 0.526. The Morgan fingerprint density at radius 3 is 2.90 bits per heavy atom. The first-order chi connectivity index (χ1) is 10.3. The van der Waals surface area contributed by atoms with Crippen molar-refractivity contribution in [3.05, 3.63) is 18.0 Å². The quantitative estimate of drug-likeness (QED) is 0.921. The Morgan fingerprint density at radius 1 is 1.24 bits per heavy atom. The second kappa shape index (κ2) is 5.44. The molecular formula is C16H24N4O. The maximum Gasteiger partial charge on any atom is 0.227 e. The predicted octanol–water partition coefficient (Wildman–Crippen LogP) is 1.71. The van der Waals surface area contributed by atoms with E-state index in [0.29, 0.717) is 24.5 Å². The van der Waals surface area contributed by atoms with E-state index in [-0.39, 0.29) is 5.92 Å². The van der Waals surface area contributed by atoms with Crippen molar-refractivity contribution in [2.24, 2.45) is 5.92 Å². The lowest BCUT2D eigenvalue weighted by atomic mass is 9.94. The van der Waals surface area contributed by atoms with Crippen molar-refractivity contribution in [1.29, 1.82) is 0 Å². The molecule has 1 saturated carbocycles. The van der Waals surface area contributed by atoms with Gasteiger partial charge in [-0.1, -0.05) is 12.8 Å². The summed E-state index contributed by atoms with van der Waals surface area (Å²) in [5.41, 5.74) is 1.04. The zero-order valence-electron chi connectivity index (χ0n) is 12.5. The molecule has 21 heavy (non-hydrogen) atoms. The largest absolute Gasteiger partial charge is 0.335 e. The molecule has 2 unspecified atom stereocenters. The number of piperidine rings is 1. The van der Waals surface area contributed by atoms with E-state index in [1.54, 1.807) is 0 Å². The Hall–Kier alpha value is -1.36. The molecule has 2 saturated heterocycles. The zero-order chi connectivity index (χ0) is 14.2. The van der Waals surface area contributed by atoms with Gasteiger partial charge in [0, 0.05) is 18.8 Å². The van der Waals surface area contributed by atoms with Gasteiger partial charge in [0.1, 0.15) is 0 Å². The maximum atomic E-state index is 12.5. The van der Waals surface area contributed by atoms with Gasteiger partial charge in [0.2, 0.25) is 5.91 Å². The summed E-state index contributed by atoms with van der Waals surface area (Å²) in [6.45, 7) is 2.58. The zero-order valence-corrected chi connectivity index (χ0v) is 12.5. The fourth-order valence-electron chi connectivity index (χ4n) is 4.17. The summed E-state index contributed by atoms with van der Waals surface area (Å²) >= 11 is 0. The number of aromatic nitrogens is 2. The van der Waals surface area contributed by atoms with Crippen molar-refractivity contribution >= 4 is 5.91 Å². The summed E-state index contributed by atoms with van der Waals surface area (Å²) in [4.78, 5) is 14.5. The molecular weight excluding hydrogens is 264 g/mol. The van der Waals surface area contributed by atoms with Crippen LogP contribution in [0.4, 0.5) is 0 Å². The number of carbonyl (C=O) groups is 1. The number of nitrogens with one attached hydrogen (secondary N) is 1. The number of nitrogens with zero attached hydrogens (tertiary/aromatic N) is 3. The first kappa shape index (κ1) is 13.3. The first-order valence-electron chi connectivity index (χ1n) is 8.37. The minimum Gasteiger partial charge on any atom is -0.335 e. The molecule has 3 aliphatic rings. The molecule has 0 spiro atoms. The van der Waals surface area contributed by atoms with Gasteiger partial charge in [-0.25, -0.2) is 0 Å². The van der Waals surface area contributed by atoms with Crippen molar-refractivity contribution in [3.8, 4) is 0 Å². The molecule has 4 rings (SSSR count). The maximum absolute atomic E-state index is 12.5. The monoisotopic (exact) mass is 288 g/mol. The highest BCUT2D eigenvalue weighted by atomic mass is 16.2. The van der Waals surface area contributed by atoms with E-state index in [0.717, 1.165) is 31.6 Å². The van der Waals surface area contributed by atoms with Gasteiger partial charge in [0.15, 0.2) is 0 Å². The lowest BCUT2D eigenvalue weighted by molar-refractivity contribution is -0.132. The third-order valence-electron chi connectivity index (χ3n) is 5.35. The topological polar surface area (TPSA) is 50.2 Å². The number of fused-ring (bicyclic) bond motifs is 1. The van der Waals surface area contributed by atoms with Crippen molar-refractivity contribution in [3.63, 3.8) is 0 Å². The van der Waals surface area contributed by atoms with Gasteiger partial charge in [0.05, 0.1) is 24.2 Å². The molecule has 0 bridgehead atoms. The number of carbonyl (C=O) groups excluding carboxylic acids is 1. The van der Waals surface area contributed by atoms with Crippen LogP contribution in [0.25, 0.3) is 0 Å². The van der Waals surface area contributed by atoms with Crippen molar-refractivity contribution in [2.75, 3.05) is 13.1 Å². The molecule has 3 heterocycles. The molecule has 2 aliphatic heterocycles. The summed E-state index contributed by atoms with van der Waals surface area (Å²) < 4.78 is 2.12. The highest BCUT2D eigenvalue weighted by molar-refractivity contribution is 5.82. The number of hydrogen-bond acceptors (Lipinski definition) is 3. The number of rotatable bonds is 3. The molecule has 5 heteroatoms. The summed E-state index contributed by atoms with van der Waals surface area (Å²) in [6, 6.07) is 3.03. The first-order valence-corrected chi connectivity index (χ1v) is 8.37. The van der Waals surface area contributed by atoms with Crippen molar-refractivity contribution < 1.29 is 4.79 Å². The van der Waals surface area contributed by atoms with Crippen LogP contribution in [-0.4, -0.2) is 39.7 Å². The second-order valence-corrected chi connectivity index (χ2v) is 6.75. The van der Waals surface area contributed by atoms with Gasteiger partial charge >= 0.3 is 0 Å². The highest BCUT2D eigenvalue weighted by Crippen LogP contribution is 2.30. The minimum atomic E-state index is 0.204. The summed E-state index contributed by atoms with van der Waals surface area (Å²) in [5, 5.41) is 8.20. The molecule has 3 fully saturated rings. The molecule has 0 radical (unpaired) electrons. The summed E-state index contributed by atoms with van der Waals surface area (Å²) in [6.07, 6.45) is 9.40. The Kier molecular flexibility index (Phi) is 3.45. The van der Waals surface area contributed by atoms with Crippen molar-refractivity contribution in [2.45, 2.75) is 57.2 Å². The number of amides is 1. The van der Waals surface area contributed by atoms with E-state index in [1.165, 1.54) is 25.7 Å². The van der Waals surface area contributed by atoms with Crippen LogP contribution in [-0.2, 0) is 11.3 Å². The second-order valence-electron chi connectivity index (χ2n) is 6.75. The van der Waals surface area contributed by atoms with Gasteiger partial charge in [-0.3, -0.25) is 9.48 Å². The Bertz CT molecular complexity index is 520. The average Bonchev–Trinajstić information content (AvgIpc) is 3.21. The lowest BCUT2D eigenvalue weighted by Gasteiger charge is -2.23. The smallest absolute Gasteiger partial charge is 0.227 e. The van der Waals surface area contributed by atoms with Gasteiger partial charge in [-0.05, 0) is 38.3 Å². The molecule has 114 valence electrons. The van der Waals surface area contributed by atoms with Crippen LogP contribution in [0.1, 0.15) is 50.3 Å². The fourth-order valence-corrected chi connectivity index (χ4v) is 4.17. The van der Waals surface area contributed by atoms with E-state index in [9.17, 15) is 4.79 Å². The Morgan fingerprint density at radius 2 is 2.10 bits per heavy atom. The van der Waals surface area contributed by atoms with E-state index in [2.05, 4.69) is 22.3 Å². The molecule has 1 N–H and O–H groups in total. The average molecular weight is 288 g/mol. The van der Waals surface area contributed by atoms with Gasteiger partial charge in [-0.2, -0.15) is 5.10 Å². The standard InChI is InChI=1S/C16H24N4O/c21-16-14-6-3-8-17-15(14)11-19(16)10-12-7-9-20(18-12)13-4-1-2-5-13/h7,9,13-15,17H,1-6,8,10-11H2. The van der Waals surface area contributed by atoms with Crippen LogP contribution in [0.2, 0.25) is 0 Å². The number of likely N-dealkylation sites (tertiary alicyclic amines) is 1. The Balaban J connectivity index is 1.43. The highest BCUT2D eigenvalue weighted by Gasteiger charge is 2.41. The molecule has 1 aliphatic carbocycles. The van der Waals surface area contributed by atoms with E-state index in [1.807, 2.05) is 4.90 Å². The fraction of sp³-hybridized carbons (Fsp3) is 0.750. The third-order valence-corrected chi connectivity index (χ3v) is 5.35. The molecule has 0 aromatic carbocycles. The molecule has 1 aromatic rings. The van der Waals surface area contributed by atoms with E-state index >= 15 is 0 Å². The Labute approximate surface area is 125 Å². The van der Waals surface area contributed by atoms with E-state index < -0.39 is 0 Å². The summed E-state index contributed by atoms with van der Waals surface area (Å²) in [7, 11) is 0. The van der Waals surface area contributed by atoms with Gasteiger partial charge < -0.3 is 10.2 Å². The number of hydrogen-bond donors (Lipinski definition) is 1. The van der Waals surface area contributed by atoms with Crippen LogP contribution in [0.3, 0.4) is 0 Å². The minimum absolute atomic E-state index is 0.204. The lowest BCUT2D eigenvalue weighted by Crippen LogP contribution is -2.41. The molecule has 1 aromatic heterocycles. The van der Waals surface area contributed by atoms with Gasteiger partial charge in [0.25, 0.3) is 0 Å². The van der Waals surface area contributed by atoms with Gasteiger partial charge in [-0.15, -0.1) is 0 Å². The van der Waals surface area contributed by atoms with Crippen LogP contribution in [0, 0.1) is 5.92 Å². The third kappa shape index (κ3) is 2.48. The van der Waals surface area contributed by atoms with Crippen LogP contribution in [0.5, 0.6) is 0 Å². The molecule has 2 atom stereocenters.